The van der Waals surface area contributed by atoms with E-state index in [0.29, 0.717) is 6.54 Å². The van der Waals surface area contributed by atoms with E-state index in [0.717, 1.165) is 0 Å². The van der Waals surface area contributed by atoms with Crippen LogP contribution in [-0.2, 0) is 11.3 Å². The van der Waals surface area contributed by atoms with Crippen molar-refractivity contribution in [1.82, 2.24) is 4.90 Å². The van der Waals surface area contributed by atoms with E-state index in [2.05, 4.69) is 19.1 Å². The highest BCUT2D eigenvalue weighted by atomic mass is 16.2. The Hall–Kier alpha value is -1.31. The van der Waals surface area contributed by atoms with Gasteiger partial charge < -0.3 is 4.90 Å². The predicted molar refractivity (Wildman–Crippen MR) is 53.3 cm³/mol. The summed E-state index contributed by atoms with van der Waals surface area (Å²) >= 11 is 0. The largest absolute Gasteiger partial charge is 0.342 e. The average molecular weight is 177 g/mol. The highest BCUT2D eigenvalue weighted by Gasteiger charge is 2.04. The zero-order valence-electron chi connectivity index (χ0n) is 8.37. The van der Waals surface area contributed by atoms with Crippen molar-refractivity contribution in [2.45, 2.75) is 20.4 Å². The third-order valence-electron chi connectivity index (χ3n) is 2.21. The number of amides is 1. The smallest absolute Gasteiger partial charge is 0.219 e. The first kappa shape index (κ1) is 9.78. The summed E-state index contributed by atoms with van der Waals surface area (Å²) in [5.41, 5.74) is 2.44. The summed E-state index contributed by atoms with van der Waals surface area (Å²) in [6, 6.07) is 8.11. The number of hydrogen-bond acceptors (Lipinski definition) is 1. The fraction of sp³-hybridized carbons (Fsp3) is 0.364. The summed E-state index contributed by atoms with van der Waals surface area (Å²) in [4.78, 5) is 12.7. The molecule has 1 rings (SSSR count). The van der Waals surface area contributed by atoms with Crippen LogP contribution in [0.1, 0.15) is 18.1 Å². The predicted octanol–water partition coefficient (Wildman–Crippen LogP) is 1.97. The Balaban J connectivity index is 2.74. The molecule has 0 aliphatic heterocycles. The molecule has 0 N–H and O–H groups in total. The highest BCUT2D eigenvalue weighted by molar-refractivity contribution is 5.72. The van der Waals surface area contributed by atoms with E-state index in [9.17, 15) is 4.79 Å². The minimum absolute atomic E-state index is 0.100. The monoisotopic (exact) mass is 177 g/mol. The minimum atomic E-state index is 0.100. The van der Waals surface area contributed by atoms with Gasteiger partial charge in [-0.25, -0.2) is 0 Å². The quantitative estimate of drug-likeness (QED) is 0.676. The fourth-order valence-corrected chi connectivity index (χ4v) is 1.15. The van der Waals surface area contributed by atoms with Crippen molar-refractivity contribution in [3.05, 3.63) is 35.4 Å². The van der Waals surface area contributed by atoms with Crippen LogP contribution < -0.4 is 0 Å². The van der Waals surface area contributed by atoms with Gasteiger partial charge in [-0.15, -0.1) is 0 Å². The number of carbonyl (C=O) groups excluding carboxylic acids is 1. The third-order valence-corrected chi connectivity index (χ3v) is 2.21. The molecule has 0 heterocycles. The van der Waals surface area contributed by atoms with E-state index in [1.54, 1.807) is 11.8 Å². The SMILES string of the molecule is CC(=O)N(C)Cc1ccccc1C. The lowest BCUT2D eigenvalue weighted by atomic mass is 10.1. The van der Waals surface area contributed by atoms with Gasteiger partial charge in [-0.1, -0.05) is 24.3 Å². The van der Waals surface area contributed by atoms with Crippen molar-refractivity contribution in [2.75, 3.05) is 7.05 Å². The molecule has 0 bridgehead atoms. The molecule has 1 amide bonds. The van der Waals surface area contributed by atoms with Crippen molar-refractivity contribution in [1.29, 1.82) is 0 Å². The Morgan fingerprint density at radius 1 is 1.38 bits per heavy atom. The van der Waals surface area contributed by atoms with E-state index >= 15 is 0 Å². The molecule has 0 spiro atoms. The number of rotatable bonds is 2. The van der Waals surface area contributed by atoms with Gasteiger partial charge in [0.25, 0.3) is 0 Å². The molecule has 0 aliphatic carbocycles. The first-order valence-electron chi connectivity index (χ1n) is 4.37. The Morgan fingerprint density at radius 2 is 2.00 bits per heavy atom. The third kappa shape index (κ3) is 2.58. The molecule has 0 atom stereocenters. The van der Waals surface area contributed by atoms with Gasteiger partial charge in [-0.2, -0.15) is 0 Å². The van der Waals surface area contributed by atoms with Gasteiger partial charge in [0.1, 0.15) is 0 Å². The first-order chi connectivity index (χ1) is 6.11. The summed E-state index contributed by atoms with van der Waals surface area (Å²) in [5, 5.41) is 0. The number of nitrogens with zero attached hydrogens (tertiary/aromatic N) is 1. The number of aryl methyl sites for hydroxylation is 1. The molecule has 2 heteroatoms. The molecule has 0 radical (unpaired) electrons. The average Bonchev–Trinajstić information content (AvgIpc) is 2.08. The van der Waals surface area contributed by atoms with Crippen LogP contribution in [0, 0.1) is 6.92 Å². The summed E-state index contributed by atoms with van der Waals surface area (Å²) in [5.74, 6) is 0.100. The van der Waals surface area contributed by atoms with Crippen LogP contribution in [-0.4, -0.2) is 17.9 Å². The molecular formula is C11H15NO. The van der Waals surface area contributed by atoms with Crippen LogP contribution in [0.3, 0.4) is 0 Å². The Labute approximate surface area is 79.2 Å². The second-order valence-electron chi connectivity index (χ2n) is 3.30. The van der Waals surface area contributed by atoms with Crippen LogP contribution in [0.15, 0.2) is 24.3 Å². The van der Waals surface area contributed by atoms with Crippen LogP contribution in [0.4, 0.5) is 0 Å². The van der Waals surface area contributed by atoms with Gasteiger partial charge in [-0.05, 0) is 18.1 Å². The van der Waals surface area contributed by atoms with Crippen molar-refractivity contribution in [2.24, 2.45) is 0 Å². The van der Waals surface area contributed by atoms with E-state index < -0.39 is 0 Å². The lowest BCUT2D eigenvalue weighted by Crippen LogP contribution is -2.23. The van der Waals surface area contributed by atoms with Crippen LogP contribution in [0.25, 0.3) is 0 Å². The van der Waals surface area contributed by atoms with Gasteiger partial charge in [0.05, 0.1) is 0 Å². The van der Waals surface area contributed by atoms with E-state index in [1.807, 2.05) is 19.2 Å². The summed E-state index contributed by atoms with van der Waals surface area (Å²) in [6.45, 7) is 4.34. The zero-order valence-corrected chi connectivity index (χ0v) is 8.37. The van der Waals surface area contributed by atoms with Crippen LogP contribution >= 0.6 is 0 Å². The normalized spacial score (nSPS) is 9.77. The molecule has 0 fully saturated rings. The van der Waals surface area contributed by atoms with Gasteiger partial charge in [0, 0.05) is 20.5 Å². The topological polar surface area (TPSA) is 20.3 Å². The van der Waals surface area contributed by atoms with Crippen molar-refractivity contribution in [3.63, 3.8) is 0 Å². The van der Waals surface area contributed by atoms with Gasteiger partial charge >= 0.3 is 0 Å². The molecule has 70 valence electrons. The molecule has 0 aromatic heterocycles. The molecule has 1 aromatic carbocycles. The molecule has 13 heavy (non-hydrogen) atoms. The highest BCUT2D eigenvalue weighted by Crippen LogP contribution is 2.09. The maximum atomic E-state index is 11.0. The number of benzene rings is 1. The molecule has 1 aromatic rings. The minimum Gasteiger partial charge on any atom is -0.342 e. The maximum absolute atomic E-state index is 11.0. The van der Waals surface area contributed by atoms with Crippen LogP contribution in [0.5, 0.6) is 0 Å². The summed E-state index contributed by atoms with van der Waals surface area (Å²) in [7, 11) is 1.81. The van der Waals surface area contributed by atoms with Crippen molar-refractivity contribution >= 4 is 5.91 Å². The summed E-state index contributed by atoms with van der Waals surface area (Å²) in [6.07, 6.45) is 0. The van der Waals surface area contributed by atoms with E-state index in [-0.39, 0.29) is 5.91 Å². The molecule has 0 saturated carbocycles. The second kappa shape index (κ2) is 4.08. The van der Waals surface area contributed by atoms with Crippen molar-refractivity contribution < 1.29 is 4.79 Å². The lowest BCUT2D eigenvalue weighted by molar-refractivity contribution is -0.128. The Bertz CT molecular complexity index is 307. The fourth-order valence-electron chi connectivity index (χ4n) is 1.15. The van der Waals surface area contributed by atoms with E-state index in [4.69, 9.17) is 0 Å². The second-order valence-corrected chi connectivity index (χ2v) is 3.30. The first-order valence-corrected chi connectivity index (χ1v) is 4.37. The van der Waals surface area contributed by atoms with Crippen LogP contribution in [0.2, 0.25) is 0 Å². The van der Waals surface area contributed by atoms with Gasteiger partial charge in [0.2, 0.25) is 5.91 Å². The molecule has 0 saturated heterocycles. The molecular weight excluding hydrogens is 162 g/mol. The standard InChI is InChI=1S/C11H15NO/c1-9-6-4-5-7-11(9)8-12(3)10(2)13/h4-7H,8H2,1-3H3. The number of carbonyl (C=O) groups is 1. The maximum Gasteiger partial charge on any atom is 0.219 e. The molecule has 0 unspecified atom stereocenters. The molecule has 0 aliphatic rings. The van der Waals surface area contributed by atoms with E-state index in [1.165, 1.54) is 11.1 Å². The van der Waals surface area contributed by atoms with Crippen molar-refractivity contribution in [3.8, 4) is 0 Å². The summed E-state index contributed by atoms with van der Waals surface area (Å²) < 4.78 is 0. The van der Waals surface area contributed by atoms with Gasteiger partial charge in [-0.3, -0.25) is 4.79 Å². The Kier molecular flexibility index (Phi) is 3.07. The molecule has 2 nitrogen and oxygen atoms in total. The van der Waals surface area contributed by atoms with Gasteiger partial charge in [0.15, 0.2) is 0 Å². The zero-order chi connectivity index (χ0) is 9.84. The lowest BCUT2D eigenvalue weighted by Gasteiger charge is -2.15. The Morgan fingerprint density at radius 3 is 2.54 bits per heavy atom. The number of hydrogen-bond donors (Lipinski definition) is 0.